The summed E-state index contributed by atoms with van der Waals surface area (Å²) in [6.45, 7) is 5.67. The average Bonchev–Trinajstić information content (AvgIpc) is 2.33. The molecule has 0 saturated carbocycles. The van der Waals surface area contributed by atoms with Crippen molar-refractivity contribution in [3.8, 4) is 0 Å². The third-order valence-corrected chi connectivity index (χ3v) is 3.34. The number of halogens is 1. The molecule has 17 heavy (non-hydrogen) atoms. The number of ether oxygens (including phenoxy) is 1. The second-order valence-corrected chi connectivity index (χ2v) is 4.60. The number of aryl methyl sites for hydroxylation is 1. The minimum absolute atomic E-state index is 0.355. The van der Waals surface area contributed by atoms with Gasteiger partial charge in [0, 0.05) is 24.3 Å². The van der Waals surface area contributed by atoms with Gasteiger partial charge in [-0.25, -0.2) is 0 Å². The van der Waals surface area contributed by atoms with E-state index < -0.39 is 0 Å². The minimum atomic E-state index is 0.355. The summed E-state index contributed by atoms with van der Waals surface area (Å²) < 4.78 is 5.35. The van der Waals surface area contributed by atoms with Gasteiger partial charge < -0.3 is 10.1 Å². The molecule has 1 aromatic rings. The van der Waals surface area contributed by atoms with Crippen molar-refractivity contribution in [1.29, 1.82) is 0 Å². The van der Waals surface area contributed by atoms with Crippen LogP contribution < -0.4 is 5.32 Å². The van der Waals surface area contributed by atoms with Crippen molar-refractivity contribution in [1.82, 2.24) is 5.32 Å². The third kappa shape index (κ3) is 4.66. The summed E-state index contributed by atoms with van der Waals surface area (Å²) in [4.78, 5) is 0. The van der Waals surface area contributed by atoms with Gasteiger partial charge in [-0.05, 0) is 50.9 Å². The highest BCUT2D eigenvalue weighted by molar-refractivity contribution is 6.31. The van der Waals surface area contributed by atoms with Crippen molar-refractivity contribution in [3.63, 3.8) is 0 Å². The molecule has 1 atom stereocenters. The van der Waals surface area contributed by atoms with Gasteiger partial charge in [0.15, 0.2) is 0 Å². The van der Waals surface area contributed by atoms with Crippen molar-refractivity contribution in [2.24, 2.45) is 0 Å². The molecule has 1 rings (SSSR count). The largest absolute Gasteiger partial charge is 0.382 e. The van der Waals surface area contributed by atoms with Gasteiger partial charge in [-0.15, -0.1) is 0 Å². The van der Waals surface area contributed by atoms with Crippen LogP contribution in [0.15, 0.2) is 18.2 Å². The zero-order valence-corrected chi connectivity index (χ0v) is 11.7. The highest BCUT2D eigenvalue weighted by atomic mass is 35.5. The summed E-state index contributed by atoms with van der Waals surface area (Å²) in [5.74, 6) is 0. The SMILES string of the molecule is CCOCCCC(NC)c1ccc(C)c(Cl)c1. The summed E-state index contributed by atoms with van der Waals surface area (Å²) in [5.41, 5.74) is 2.37. The van der Waals surface area contributed by atoms with Gasteiger partial charge >= 0.3 is 0 Å². The first-order valence-electron chi connectivity index (χ1n) is 6.20. The Morgan fingerprint density at radius 1 is 1.41 bits per heavy atom. The van der Waals surface area contributed by atoms with Crippen LogP contribution in [-0.4, -0.2) is 20.3 Å². The predicted octanol–water partition coefficient (Wildman–Crippen LogP) is 3.73. The maximum absolute atomic E-state index is 6.15. The molecule has 3 heteroatoms. The summed E-state index contributed by atoms with van der Waals surface area (Å²) in [5, 5.41) is 4.17. The van der Waals surface area contributed by atoms with Crippen molar-refractivity contribution < 1.29 is 4.74 Å². The maximum atomic E-state index is 6.15. The molecule has 0 aliphatic carbocycles. The van der Waals surface area contributed by atoms with Crippen LogP contribution in [0.4, 0.5) is 0 Å². The molecule has 96 valence electrons. The van der Waals surface area contributed by atoms with E-state index in [2.05, 4.69) is 23.5 Å². The van der Waals surface area contributed by atoms with Crippen molar-refractivity contribution >= 4 is 11.6 Å². The number of hydrogen-bond donors (Lipinski definition) is 1. The molecule has 1 aromatic carbocycles. The molecule has 0 spiro atoms. The van der Waals surface area contributed by atoms with Gasteiger partial charge in [0.2, 0.25) is 0 Å². The molecule has 0 bridgehead atoms. The van der Waals surface area contributed by atoms with E-state index in [1.54, 1.807) is 0 Å². The Kier molecular flexibility index (Phi) is 6.56. The second kappa shape index (κ2) is 7.70. The van der Waals surface area contributed by atoms with E-state index in [0.717, 1.165) is 36.6 Å². The Balaban J connectivity index is 2.56. The molecule has 1 N–H and O–H groups in total. The highest BCUT2D eigenvalue weighted by Gasteiger charge is 2.09. The molecule has 0 saturated heterocycles. The van der Waals surface area contributed by atoms with Crippen LogP contribution in [0.1, 0.15) is 36.9 Å². The number of nitrogens with one attached hydrogen (secondary N) is 1. The zero-order valence-electron chi connectivity index (χ0n) is 10.9. The van der Waals surface area contributed by atoms with Gasteiger partial charge in [0.05, 0.1) is 0 Å². The zero-order chi connectivity index (χ0) is 12.7. The smallest absolute Gasteiger partial charge is 0.0466 e. The first kappa shape index (κ1) is 14.5. The predicted molar refractivity (Wildman–Crippen MR) is 73.7 cm³/mol. The van der Waals surface area contributed by atoms with E-state index in [0.29, 0.717) is 6.04 Å². The van der Waals surface area contributed by atoms with E-state index in [-0.39, 0.29) is 0 Å². The lowest BCUT2D eigenvalue weighted by molar-refractivity contribution is 0.141. The van der Waals surface area contributed by atoms with Crippen molar-refractivity contribution in [2.45, 2.75) is 32.7 Å². The average molecular weight is 256 g/mol. The molecule has 2 nitrogen and oxygen atoms in total. The van der Waals surface area contributed by atoms with Gasteiger partial charge in [-0.2, -0.15) is 0 Å². The van der Waals surface area contributed by atoms with Gasteiger partial charge in [0.25, 0.3) is 0 Å². The fraction of sp³-hybridized carbons (Fsp3) is 0.571. The molecular formula is C14H22ClNO. The molecule has 0 fully saturated rings. The lowest BCUT2D eigenvalue weighted by Crippen LogP contribution is -2.17. The summed E-state index contributed by atoms with van der Waals surface area (Å²) in [7, 11) is 1.99. The van der Waals surface area contributed by atoms with Gasteiger partial charge in [0.1, 0.15) is 0 Å². The molecule has 0 heterocycles. The topological polar surface area (TPSA) is 21.3 Å². The van der Waals surface area contributed by atoms with Crippen molar-refractivity contribution in [3.05, 3.63) is 34.3 Å². The summed E-state index contributed by atoms with van der Waals surface area (Å²) >= 11 is 6.15. The minimum Gasteiger partial charge on any atom is -0.382 e. The fourth-order valence-corrected chi connectivity index (χ4v) is 2.03. The Hall–Kier alpha value is -0.570. The standard InChI is InChI=1S/C14H22ClNO/c1-4-17-9-5-6-14(16-3)12-8-7-11(2)13(15)10-12/h7-8,10,14,16H,4-6,9H2,1-3H3. The lowest BCUT2D eigenvalue weighted by Gasteiger charge is -2.17. The van der Waals surface area contributed by atoms with E-state index in [1.807, 2.05) is 20.9 Å². The van der Waals surface area contributed by atoms with Crippen LogP contribution in [-0.2, 0) is 4.74 Å². The van der Waals surface area contributed by atoms with E-state index in [4.69, 9.17) is 16.3 Å². The molecule has 0 aromatic heterocycles. The van der Waals surface area contributed by atoms with Crippen LogP contribution in [0.5, 0.6) is 0 Å². The number of benzene rings is 1. The monoisotopic (exact) mass is 255 g/mol. The van der Waals surface area contributed by atoms with Gasteiger partial charge in [-0.3, -0.25) is 0 Å². The van der Waals surface area contributed by atoms with Crippen molar-refractivity contribution in [2.75, 3.05) is 20.3 Å². The fourth-order valence-electron chi connectivity index (χ4n) is 1.84. The maximum Gasteiger partial charge on any atom is 0.0466 e. The van der Waals surface area contributed by atoms with Crippen LogP contribution in [0.2, 0.25) is 5.02 Å². The molecule has 1 unspecified atom stereocenters. The highest BCUT2D eigenvalue weighted by Crippen LogP contribution is 2.23. The quantitative estimate of drug-likeness (QED) is 0.750. The normalized spacial score (nSPS) is 12.7. The molecule has 0 radical (unpaired) electrons. The molecule has 0 aliphatic heterocycles. The third-order valence-electron chi connectivity index (χ3n) is 2.93. The molecule has 0 amide bonds. The number of rotatable bonds is 7. The lowest BCUT2D eigenvalue weighted by atomic mass is 10.0. The Bertz CT molecular complexity index is 341. The van der Waals surface area contributed by atoms with Crippen LogP contribution in [0.3, 0.4) is 0 Å². The second-order valence-electron chi connectivity index (χ2n) is 4.19. The summed E-state index contributed by atoms with van der Waals surface area (Å²) in [6.07, 6.45) is 2.13. The number of hydrogen-bond acceptors (Lipinski definition) is 2. The van der Waals surface area contributed by atoms with Gasteiger partial charge in [-0.1, -0.05) is 23.7 Å². The molecule has 0 aliphatic rings. The summed E-state index contributed by atoms with van der Waals surface area (Å²) in [6, 6.07) is 6.63. The Labute approximate surface area is 109 Å². The van der Waals surface area contributed by atoms with Crippen LogP contribution in [0.25, 0.3) is 0 Å². The Morgan fingerprint density at radius 3 is 2.76 bits per heavy atom. The van der Waals surface area contributed by atoms with Crippen LogP contribution in [0, 0.1) is 6.92 Å². The molecular weight excluding hydrogens is 234 g/mol. The van der Waals surface area contributed by atoms with Crippen LogP contribution >= 0.6 is 11.6 Å². The van der Waals surface area contributed by atoms with E-state index in [9.17, 15) is 0 Å². The van der Waals surface area contributed by atoms with E-state index in [1.165, 1.54) is 5.56 Å². The first-order chi connectivity index (χ1) is 8.19. The Morgan fingerprint density at radius 2 is 2.18 bits per heavy atom. The first-order valence-corrected chi connectivity index (χ1v) is 6.58. The van der Waals surface area contributed by atoms with E-state index >= 15 is 0 Å².